The highest BCUT2D eigenvalue weighted by Gasteiger charge is 2.21. The first-order valence-corrected chi connectivity index (χ1v) is 12.1. The molecule has 0 radical (unpaired) electrons. The lowest BCUT2D eigenvalue weighted by atomic mass is 10.1. The fraction of sp³-hybridized carbons (Fsp3) is 0.381. The lowest BCUT2D eigenvalue weighted by Gasteiger charge is -2.17. The first-order chi connectivity index (χ1) is 13.4. The molecule has 2 aromatic carbocycles. The lowest BCUT2D eigenvalue weighted by Crippen LogP contribution is -2.27. The number of hydrogen-bond donors (Lipinski definition) is 2. The maximum atomic E-state index is 12.8. The third kappa shape index (κ3) is 6.94. The molecule has 0 aliphatic carbocycles. The highest BCUT2D eigenvalue weighted by Crippen LogP contribution is 2.26. The number of anilines is 1. The van der Waals surface area contributed by atoms with E-state index in [1.165, 1.54) is 18.2 Å². The average molecular weight is 455 g/mol. The van der Waals surface area contributed by atoms with Crippen molar-refractivity contribution in [2.75, 3.05) is 17.0 Å². The highest BCUT2D eigenvalue weighted by molar-refractivity contribution is 8.00. The van der Waals surface area contributed by atoms with Gasteiger partial charge in [0, 0.05) is 28.3 Å². The monoisotopic (exact) mass is 454 g/mol. The fourth-order valence-corrected chi connectivity index (χ4v) is 4.88. The first-order valence-electron chi connectivity index (χ1n) is 9.21. The van der Waals surface area contributed by atoms with Gasteiger partial charge in [0.05, 0.1) is 5.02 Å². The second kappa shape index (κ2) is 9.41. The number of aryl methyl sites for hydroxylation is 2. The summed E-state index contributed by atoms with van der Waals surface area (Å²) < 4.78 is 28.3. The van der Waals surface area contributed by atoms with Crippen LogP contribution < -0.4 is 10.0 Å². The van der Waals surface area contributed by atoms with Crippen LogP contribution in [0.25, 0.3) is 0 Å². The number of benzene rings is 2. The van der Waals surface area contributed by atoms with Crippen molar-refractivity contribution >= 4 is 45.0 Å². The molecule has 5 nitrogen and oxygen atoms in total. The summed E-state index contributed by atoms with van der Waals surface area (Å²) in [5.74, 6) is 0.432. The molecule has 0 spiro atoms. The summed E-state index contributed by atoms with van der Waals surface area (Å²) in [6.07, 6.45) is 0. The molecule has 2 N–H and O–H groups in total. The van der Waals surface area contributed by atoms with Crippen LogP contribution in [0.3, 0.4) is 0 Å². The van der Waals surface area contributed by atoms with Crippen LogP contribution in [0, 0.1) is 13.8 Å². The van der Waals surface area contributed by atoms with Crippen LogP contribution in [-0.4, -0.2) is 31.4 Å². The van der Waals surface area contributed by atoms with Crippen molar-refractivity contribution in [1.82, 2.24) is 5.32 Å². The quantitative estimate of drug-likeness (QED) is 0.576. The molecule has 2 aromatic rings. The Kier molecular flexibility index (Phi) is 7.65. The van der Waals surface area contributed by atoms with Crippen molar-refractivity contribution in [3.63, 3.8) is 0 Å². The molecule has 8 heteroatoms. The van der Waals surface area contributed by atoms with E-state index in [-0.39, 0.29) is 26.1 Å². The molecule has 0 aliphatic heterocycles. The van der Waals surface area contributed by atoms with Crippen molar-refractivity contribution in [2.24, 2.45) is 0 Å². The zero-order valence-corrected chi connectivity index (χ0v) is 19.7. The molecule has 0 saturated carbocycles. The second-order valence-electron chi connectivity index (χ2n) is 7.77. The normalized spacial score (nSPS) is 11.9. The standard InChI is InChI=1S/C21H27ClN2O3S2/c1-14-6-8-17(12-15(14)2)24-29(26,27)19-13-16(7-9-18(19)22)20(25)23-10-11-28-21(3,4)5/h6-9,12-13,24H,10-11H2,1-5H3,(H,23,25). The minimum Gasteiger partial charge on any atom is -0.351 e. The van der Waals surface area contributed by atoms with E-state index >= 15 is 0 Å². The lowest BCUT2D eigenvalue weighted by molar-refractivity contribution is 0.0956. The molecule has 0 saturated heterocycles. The highest BCUT2D eigenvalue weighted by atomic mass is 35.5. The summed E-state index contributed by atoms with van der Waals surface area (Å²) in [6, 6.07) is 9.53. The van der Waals surface area contributed by atoms with Gasteiger partial charge in [0.1, 0.15) is 4.90 Å². The zero-order chi connectivity index (χ0) is 21.8. The van der Waals surface area contributed by atoms with E-state index in [0.29, 0.717) is 12.2 Å². The number of thioether (sulfide) groups is 1. The number of sulfonamides is 1. The van der Waals surface area contributed by atoms with Crippen LogP contribution in [0.4, 0.5) is 5.69 Å². The molecular formula is C21H27ClN2O3S2. The van der Waals surface area contributed by atoms with Gasteiger partial charge in [-0.2, -0.15) is 11.8 Å². The summed E-state index contributed by atoms with van der Waals surface area (Å²) in [7, 11) is -3.94. The van der Waals surface area contributed by atoms with E-state index in [0.717, 1.165) is 16.9 Å². The molecular weight excluding hydrogens is 428 g/mol. The molecule has 1 amide bonds. The van der Waals surface area contributed by atoms with E-state index in [2.05, 4.69) is 30.8 Å². The van der Waals surface area contributed by atoms with E-state index in [1.54, 1.807) is 23.9 Å². The van der Waals surface area contributed by atoms with Gasteiger partial charge in [0.15, 0.2) is 0 Å². The van der Waals surface area contributed by atoms with Crippen molar-refractivity contribution in [2.45, 2.75) is 44.3 Å². The Bertz CT molecular complexity index is 999. The van der Waals surface area contributed by atoms with Crippen LogP contribution in [0.2, 0.25) is 5.02 Å². The number of halogens is 1. The molecule has 0 aliphatic rings. The Morgan fingerprint density at radius 2 is 1.76 bits per heavy atom. The van der Waals surface area contributed by atoms with Gasteiger partial charge in [0.2, 0.25) is 0 Å². The Balaban J connectivity index is 2.16. The van der Waals surface area contributed by atoms with Gasteiger partial charge in [-0.3, -0.25) is 9.52 Å². The average Bonchev–Trinajstić information content (AvgIpc) is 2.61. The molecule has 0 aromatic heterocycles. The molecule has 29 heavy (non-hydrogen) atoms. The topological polar surface area (TPSA) is 75.3 Å². The predicted molar refractivity (Wildman–Crippen MR) is 123 cm³/mol. The summed E-state index contributed by atoms with van der Waals surface area (Å²) in [5.41, 5.74) is 2.72. The molecule has 0 bridgehead atoms. The van der Waals surface area contributed by atoms with Gasteiger partial charge in [-0.1, -0.05) is 38.4 Å². The predicted octanol–water partition coefficient (Wildman–Crippen LogP) is 5.02. The molecule has 0 unspecified atom stereocenters. The number of amides is 1. The van der Waals surface area contributed by atoms with E-state index in [9.17, 15) is 13.2 Å². The largest absolute Gasteiger partial charge is 0.351 e. The van der Waals surface area contributed by atoms with Gasteiger partial charge in [-0.25, -0.2) is 8.42 Å². The van der Waals surface area contributed by atoms with E-state index in [1.807, 2.05) is 19.9 Å². The summed E-state index contributed by atoms with van der Waals surface area (Å²) in [5, 5.41) is 2.87. The van der Waals surface area contributed by atoms with Crippen molar-refractivity contribution in [3.05, 3.63) is 58.1 Å². The zero-order valence-electron chi connectivity index (χ0n) is 17.3. The summed E-state index contributed by atoms with van der Waals surface area (Å²) >= 11 is 7.87. The van der Waals surface area contributed by atoms with Gasteiger partial charge in [-0.15, -0.1) is 0 Å². The number of carbonyl (C=O) groups excluding carboxylic acids is 1. The van der Waals surface area contributed by atoms with E-state index < -0.39 is 10.0 Å². The van der Waals surface area contributed by atoms with Crippen LogP contribution in [0.1, 0.15) is 42.3 Å². The van der Waals surface area contributed by atoms with Crippen molar-refractivity contribution in [3.8, 4) is 0 Å². The Morgan fingerprint density at radius 1 is 1.07 bits per heavy atom. The van der Waals surface area contributed by atoms with Crippen LogP contribution in [0.15, 0.2) is 41.3 Å². The van der Waals surface area contributed by atoms with Crippen molar-refractivity contribution in [1.29, 1.82) is 0 Å². The van der Waals surface area contributed by atoms with Gasteiger partial charge in [-0.05, 0) is 55.3 Å². The smallest absolute Gasteiger partial charge is 0.263 e. The van der Waals surface area contributed by atoms with Crippen LogP contribution in [-0.2, 0) is 10.0 Å². The van der Waals surface area contributed by atoms with Gasteiger partial charge >= 0.3 is 0 Å². The van der Waals surface area contributed by atoms with Crippen LogP contribution in [0.5, 0.6) is 0 Å². The molecule has 158 valence electrons. The maximum Gasteiger partial charge on any atom is 0.263 e. The third-order valence-corrected chi connectivity index (χ3v) is 7.30. The number of nitrogens with one attached hydrogen (secondary N) is 2. The summed E-state index contributed by atoms with van der Waals surface area (Å²) in [4.78, 5) is 12.3. The van der Waals surface area contributed by atoms with Crippen molar-refractivity contribution < 1.29 is 13.2 Å². The van der Waals surface area contributed by atoms with Crippen LogP contribution >= 0.6 is 23.4 Å². The van der Waals surface area contributed by atoms with Gasteiger partial charge < -0.3 is 5.32 Å². The first kappa shape index (κ1) is 23.6. The maximum absolute atomic E-state index is 12.8. The minimum absolute atomic E-state index is 0.0566. The third-order valence-electron chi connectivity index (χ3n) is 4.16. The van der Waals surface area contributed by atoms with E-state index in [4.69, 9.17) is 11.6 Å². The number of carbonyl (C=O) groups is 1. The molecule has 0 atom stereocenters. The summed E-state index contributed by atoms with van der Waals surface area (Å²) in [6.45, 7) is 10.7. The molecule has 0 heterocycles. The molecule has 0 fully saturated rings. The SMILES string of the molecule is Cc1ccc(NS(=O)(=O)c2cc(C(=O)NCCSC(C)(C)C)ccc2Cl)cc1C. The minimum atomic E-state index is -3.94. The number of hydrogen-bond acceptors (Lipinski definition) is 4. The Hall–Kier alpha value is -1.70. The second-order valence-corrected chi connectivity index (χ2v) is 11.7. The Labute approximate surface area is 182 Å². The van der Waals surface area contributed by atoms with Gasteiger partial charge in [0.25, 0.3) is 15.9 Å². The number of rotatable bonds is 7. The fourth-order valence-electron chi connectivity index (χ4n) is 2.49. The Morgan fingerprint density at radius 3 is 2.38 bits per heavy atom. The molecule has 2 rings (SSSR count).